The minimum Gasteiger partial charge on any atom is -0.480 e. The Balaban J connectivity index is 1.76. The van der Waals surface area contributed by atoms with Gasteiger partial charge in [0.05, 0.1) is 6.04 Å². The summed E-state index contributed by atoms with van der Waals surface area (Å²) < 4.78 is 0. The van der Waals surface area contributed by atoms with Crippen molar-refractivity contribution < 1.29 is 14.7 Å². The van der Waals surface area contributed by atoms with Gasteiger partial charge in [0.2, 0.25) is 5.91 Å². The Hall–Kier alpha value is -1.36. The second kappa shape index (κ2) is 4.63. The molecule has 0 radical (unpaired) electrons. The topological polar surface area (TPSA) is 66.4 Å². The van der Waals surface area contributed by atoms with E-state index < -0.39 is 11.4 Å². The van der Waals surface area contributed by atoms with E-state index in [0.29, 0.717) is 12.8 Å². The fraction of sp³-hybridized carbons (Fsp3) is 0.571. The third-order valence-corrected chi connectivity index (χ3v) is 5.40. The van der Waals surface area contributed by atoms with Crippen LogP contribution < -0.4 is 5.32 Å². The lowest BCUT2D eigenvalue weighted by molar-refractivity contribution is -0.162. The lowest BCUT2D eigenvalue weighted by atomic mass is 9.68. The predicted octanol–water partition coefficient (Wildman–Crippen LogP) is 2.50. The molecule has 102 valence electrons. The van der Waals surface area contributed by atoms with Gasteiger partial charge < -0.3 is 10.4 Å². The number of nitrogens with one attached hydrogen (secondary N) is 1. The second-order valence-electron chi connectivity index (χ2n) is 5.46. The Morgan fingerprint density at radius 3 is 2.79 bits per heavy atom. The van der Waals surface area contributed by atoms with Crippen LogP contribution in [0.3, 0.4) is 0 Å². The number of carboxylic acid groups (broad SMARTS) is 1. The first kappa shape index (κ1) is 12.7. The molecule has 0 aliphatic heterocycles. The minimum atomic E-state index is -1.16. The Morgan fingerprint density at radius 1 is 1.37 bits per heavy atom. The van der Waals surface area contributed by atoms with E-state index in [1.807, 2.05) is 5.38 Å². The molecule has 0 saturated heterocycles. The minimum absolute atomic E-state index is 0.000625. The van der Waals surface area contributed by atoms with Crippen molar-refractivity contribution in [3.8, 4) is 0 Å². The average molecular weight is 279 g/mol. The van der Waals surface area contributed by atoms with Crippen LogP contribution in [0, 0.1) is 5.41 Å². The number of carbonyl (C=O) groups excluding carboxylic acids is 1. The quantitative estimate of drug-likeness (QED) is 0.835. The highest BCUT2D eigenvalue weighted by atomic mass is 32.1. The number of amides is 1. The van der Waals surface area contributed by atoms with Gasteiger partial charge in [0.15, 0.2) is 0 Å². The van der Waals surface area contributed by atoms with E-state index in [-0.39, 0.29) is 11.9 Å². The zero-order valence-corrected chi connectivity index (χ0v) is 11.5. The maximum atomic E-state index is 12.3. The molecule has 19 heavy (non-hydrogen) atoms. The second-order valence-corrected chi connectivity index (χ2v) is 6.46. The van der Waals surface area contributed by atoms with Crippen molar-refractivity contribution in [3.05, 3.63) is 21.9 Å². The largest absolute Gasteiger partial charge is 0.480 e. The number of thiophene rings is 1. The number of rotatable bonds is 3. The molecule has 1 unspecified atom stereocenters. The van der Waals surface area contributed by atoms with Gasteiger partial charge in [-0.15, -0.1) is 11.3 Å². The monoisotopic (exact) mass is 279 g/mol. The van der Waals surface area contributed by atoms with Gasteiger partial charge in [-0.25, -0.2) is 0 Å². The SMILES string of the molecule is O=C(O)C1(C(=O)NC2CCCc3sccc32)CCC1. The van der Waals surface area contributed by atoms with Gasteiger partial charge >= 0.3 is 5.97 Å². The van der Waals surface area contributed by atoms with E-state index in [1.165, 1.54) is 10.4 Å². The van der Waals surface area contributed by atoms with Crippen molar-refractivity contribution in [1.29, 1.82) is 0 Å². The van der Waals surface area contributed by atoms with Crippen LogP contribution in [0.5, 0.6) is 0 Å². The van der Waals surface area contributed by atoms with Crippen LogP contribution >= 0.6 is 11.3 Å². The molecule has 4 nitrogen and oxygen atoms in total. The molecular formula is C14H17NO3S. The van der Waals surface area contributed by atoms with E-state index in [2.05, 4.69) is 11.4 Å². The van der Waals surface area contributed by atoms with E-state index in [9.17, 15) is 14.7 Å². The van der Waals surface area contributed by atoms with Crippen LogP contribution in [-0.2, 0) is 16.0 Å². The van der Waals surface area contributed by atoms with Crippen LogP contribution in [0.1, 0.15) is 48.6 Å². The van der Waals surface area contributed by atoms with Gasteiger partial charge in [-0.1, -0.05) is 6.42 Å². The van der Waals surface area contributed by atoms with Crippen molar-refractivity contribution in [3.63, 3.8) is 0 Å². The number of hydrogen-bond acceptors (Lipinski definition) is 3. The van der Waals surface area contributed by atoms with Gasteiger partial charge in [-0.3, -0.25) is 9.59 Å². The fourth-order valence-electron chi connectivity index (χ4n) is 3.00. The maximum absolute atomic E-state index is 12.3. The lowest BCUT2D eigenvalue weighted by Gasteiger charge is -2.37. The number of fused-ring (bicyclic) bond motifs is 1. The fourth-order valence-corrected chi connectivity index (χ4v) is 3.99. The van der Waals surface area contributed by atoms with Gasteiger partial charge in [0, 0.05) is 4.88 Å². The van der Waals surface area contributed by atoms with Gasteiger partial charge in [-0.2, -0.15) is 0 Å². The van der Waals surface area contributed by atoms with Gasteiger partial charge in [0.25, 0.3) is 0 Å². The molecule has 5 heteroatoms. The Bertz CT molecular complexity index is 519. The molecule has 0 aromatic carbocycles. The molecule has 1 atom stereocenters. The number of carboxylic acids is 1. The number of aliphatic carboxylic acids is 1. The molecule has 2 aliphatic rings. The van der Waals surface area contributed by atoms with Crippen molar-refractivity contribution in [2.75, 3.05) is 0 Å². The molecule has 3 rings (SSSR count). The Labute approximate surface area is 115 Å². The zero-order valence-electron chi connectivity index (χ0n) is 10.6. The van der Waals surface area contributed by atoms with Crippen molar-refractivity contribution >= 4 is 23.2 Å². The average Bonchev–Trinajstić information content (AvgIpc) is 2.75. The number of carbonyl (C=O) groups is 2. The molecule has 0 spiro atoms. The predicted molar refractivity (Wildman–Crippen MR) is 72.1 cm³/mol. The molecule has 2 aliphatic carbocycles. The Kier molecular flexibility index (Phi) is 3.09. The molecule has 1 aromatic rings. The standard InChI is InChI=1S/C14H17NO3S/c16-12(14(13(17)18)6-2-7-14)15-10-3-1-4-11-9(10)5-8-19-11/h5,8,10H,1-4,6-7H2,(H,15,16)(H,17,18). The van der Waals surface area contributed by atoms with Crippen LogP contribution in [0.15, 0.2) is 11.4 Å². The summed E-state index contributed by atoms with van der Waals surface area (Å²) in [5.41, 5.74) is 0.0256. The molecule has 1 fully saturated rings. The van der Waals surface area contributed by atoms with Crippen molar-refractivity contribution in [2.45, 2.75) is 44.6 Å². The van der Waals surface area contributed by atoms with E-state index in [4.69, 9.17) is 0 Å². The molecule has 2 N–H and O–H groups in total. The van der Waals surface area contributed by atoms with E-state index in [0.717, 1.165) is 25.7 Å². The molecule has 0 bridgehead atoms. The zero-order chi connectivity index (χ0) is 13.5. The number of aryl methyl sites for hydroxylation is 1. The number of hydrogen-bond donors (Lipinski definition) is 2. The Morgan fingerprint density at radius 2 is 2.16 bits per heavy atom. The van der Waals surface area contributed by atoms with Crippen molar-refractivity contribution in [2.24, 2.45) is 5.41 Å². The first-order valence-electron chi connectivity index (χ1n) is 6.74. The van der Waals surface area contributed by atoms with Crippen LogP contribution in [-0.4, -0.2) is 17.0 Å². The first-order valence-corrected chi connectivity index (χ1v) is 7.62. The normalized spacial score (nSPS) is 24.1. The van der Waals surface area contributed by atoms with Gasteiger partial charge in [-0.05, 0) is 49.1 Å². The van der Waals surface area contributed by atoms with Gasteiger partial charge in [0.1, 0.15) is 5.41 Å². The maximum Gasteiger partial charge on any atom is 0.319 e. The highest BCUT2D eigenvalue weighted by Crippen LogP contribution is 2.42. The van der Waals surface area contributed by atoms with Crippen LogP contribution in [0.4, 0.5) is 0 Å². The van der Waals surface area contributed by atoms with Crippen LogP contribution in [0.2, 0.25) is 0 Å². The summed E-state index contributed by atoms with van der Waals surface area (Å²) >= 11 is 1.72. The summed E-state index contributed by atoms with van der Waals surface area (Å²) in [6.45, 7) is 0. The first-order chi connectivity index (χ1) is 9.13. The summed E-state index contributed by atoms with van der Waals surface area (Å²) in [6.07, 6.45) is 4.80. The van der Waals surface area contributed by atoms with Crippen molar-refractivity contribution in [1.82, 2.24) is 5.32 Å². The molecule has 1 amide bonds. The molecular weight excluding hydrogens is 262 g/mol. The highest BCUT2D eigenvalue weighted by molar-refractivity contribution is 7.10. The third-order valence-electron chi connectivity index (χ3n) is 4.41. The lowest BCUT2D eigenvalue weighted by Crippen LogP contribution is -2.52. The molecule has 1 heterocycles. The highest BCUT2D eigenvalue weighted by Gasteiger charge is 2.51. The smallest absolute Gasteiger partial charge is 0.319 e. The third kappa shape index (κ3) is 1.96. The molecule has 1 aromatic heterocycles. The summed E-state index contributed by atoms with van der Waals surface area (Å²) in [6, 6.07) is 2.05. The summed E-state index contributed by atoms with van der Waals surface area (Å²) in [5, 5.41) is 14.3. The summed E-state index contributed by atoms with van der Waals surface area (Å²) in [5.74, 6) is -1.27. The summed E-state index contributed by atoms with van der Waals surface area (Å²) in [7, 11) is 0. The summed E-state index contributed by atoms with van der Waals surface area (Å²) in [4.78, 5) is 25.0. The van der Waals surface area contributed by atoms with E-state index in [1.54, 1.807) is 11.3 Å². The van der Waals surface area contributed by atoms with E-state index >= 15 is 0 Å². The molecule has 1 saturated carbocycles. The van der Waals surface area contributed by atoms with Crippen LogP contribution in [0.25, 0.3) is 0 Å².